The highest BCUT2D eigenvalue weighted by molar-refractivity contribution is 5.91. The van der Waals surface area contributed by atoms with Crippen LogP contribution >= 0.6 is 0 Å². The molecule has 0 amide bonds. The Morgan fingerprint density at radius 1 is 1.20 bits per heavy atom. The lowest BCUT2D eigenvalue weighted by molar-refractivity contribution is 0.0575. The number of hydrogen-bond donors (Lipinski definition) is 0. The Morgan fingerprint density at radius 3 is 2.27 bits per heavy atom. The number of methoxy groups -OCH3 is 2. The lowest BCUT2D eigenvalue weighted by Gasteiger charge is -2.02. The number of carbonyl (C=O) groups is 2. The molecule has 0 atom stereocenters. The van der Waals surface area contributed by atoms with Crippen molar-refractivity contribution in [3.63, 3.8) is 0 Å². The first-order valence-electron chi connectivity index (χ1n) is 3.93. The molecule has 0 unspecified atom stereocenters. The van der Waals surface area contributed by atoms with Crippen LogP contribution in [-0.4, -0.2) is 31.1 Å². The van der Waals surface area contributed by atoms with Gasteiger partial charge in [0.1, 0.15) is 5.56 Å². The number of ether oxygens (including phenoxy) is 2. The minimum atomic E-state index is -1.07. The lowest BCUT2D eigenvalue weighted by atomic mass is 10.2. The van der Waals surface area contributed by atoms with Gasteiger partial charge in [-0.2, -0.15) is 4.39 Å². The van der Waals surface area contributed by atoms with Gasteiger partial charge in [-0.3, -0.25) is 0 Å². The summed E-state index contributed by atoms with van der Waals surface area (Å²) in [6, 6.07) is 2.29. The van der Waals surface area contributed by atoms with Gasteiger partial charge in [-0.1, -0.05) is 0 Å². The molecule has 80 valence electrons. The van der Waals surface area contributed by atoms with Gasteiger partial charge in [0.05, 0.1) is 14.2 Å². The number of aromatic nitrogens is 1. The third-order valence-corrected chi connectivity index (χ3v) is 1.65. The molecule has 0 aliphatic heterocycles. The molecule has 0 fully saturated rings. The van der Waals surface area contributed by atoms with Gasteiger partial charge < -0.3 is 9.47 Å². The summed E-state index contributed by atoms with van der Waals surface area (Å²) in [6.45, 7) is 0. The fourth-order valence-electron chi connectivity index (χ4n) is 0.915. The van der Waals surface area contributed by atoms with Gasteiger partial charge in [0, 0.05) is 0 Å². The van der Waals surface area contributed by atoms with Gasteiger partial charge in [-0.15, -0.1) is 0 Å². The number of nitrogens with zero attached hydrogens (tertiary/aromatic N) is 1. The first-order chi connectivity index (χ1) is 7.10. The van der Waals surface area contributed by atoms with Gasteiger partial charge >= 0.3 is 11.9 Å². The smallest absolute Gasteiger partial charge is 0.356 e. The number of hydrogen-bond acceptors (Lipinski definition) is 5. The number of pyridine rings is 1. The molecule has 15 heavy (non-hydrogen) atoms. The summed E-state index contributed by atoms with van der Waals surface area (Å²) in [7, 11) is 2.27. The SMILES string of the molecule is COC(=O)c1ccc(C(=O)OC)c(F)n1. The van der Waals surface area contributed by atoms with Gasteiger partial charge in [0.25, 0.3) is 0 Å². The molecule has 0 aliphatic carbocycles. The van der Waals surface area contributed by atoms with Crippen LogP contribution < -0.4 is 0 Å². The minimum Gasteiger partial charge on any atom is -0.465 e. The third kappa shape index (κ3) is 2.28. The standard InChI is InChI=1S/C9H8FNO4/c1-14-8(12)5-3-4-6(9(13)15-2)11-7(5)10/h3-4H,1-2H3. The van der Waals surface area contributed by atoms with E-state index in [9.17, 15) is 14.0 Å². The van der Waals surface area contributed by atoms with Crippen molar-refractivity contribution in [3.8, 4) is 0 Å². The first kappa shape index (κ1) is 11.1. The average Bonchev–Trinajstić information content (AvgIpc) is 2.26. The Labute approximate surface area is 84.8 Å². The second-order valence-electron chi connectivity index (χ2n) is 2.52. The van der Waals surface area contributed by atoms with Crippen LogP contribution in [0.3, 0.4) is 0 Å². The number of rotatable bonds is 2. The molecule has 0 aliphatic rings. The molecule has 5 nitrogen and oxygen atoms in total. The van der Waals surface area contributed by atoms with Crippen LogP contribution in [0.4, 0.5) is 4.39 Å². The summed E-state index contributed by atoms with van der Waals surface area (Å²) in [4.78, 5) is 25.2. The van der Waals surface area contributed by atoms with E-state index in [-0.39, 0.29) is 11.3 Å². The molecular weight excluding hydrogens is 205 g/mol. The van der Waals surface area contributed by atoms with Crippen molar-refractivity contribution in [1.29, 1.82) is 0 Å². The molecule has 0 N–H and O–H groups in total. The van der Waals surface area contributed by atoms with Crippen molar-refractivity contribution in [3.05, 3.63) is 29.3 Å². The molecule has 1 rings (SSSR count). The normalized spacial score (nSPS) is 9.53. The highest BCUT2D eigenvalue weighted by Crippen LogP contribution is 2.08. The molecule has 1 heterocycles. The van der Waals surface area contributed by atoms with Crippen molar-refractivity contribution in [2.45, 2.75) is 0 Å². The zero-order valence-electron chi connectivity index (χ0n) is 8.11. The van der Waals surface area contributed by atoms with E-state index in [2.05, 4.69) is 14.5 Å². The topological polar surface area (TPSA) is 65.5 Å². The molecule has 1 aromatic rings. The predicted molar refractivity (Wildman–Crippen MR) is 46.9 cm³/mol. The van der Waals surface area contributed by atoms with Gasteiger partial charge in [0.15, 0.2) is 5.69 Å². The summed E-state index contributed by atoms with van der Waals surface area (Å²) >= 11 is 0. The van der Waals surface area contributed by atoms with Gasteiger partial charge in [-0.05, 0) is 12.1 Å². The Balaban J connectivity index is 3.08. The molecule has 0 bridgehead atoms. The van der Waals surface area contributed by atoms with Crippen LogP contribution in [0.25, 0.3) is 0 Å². The van der Waals surface area contributed by atoms with E-state index >= 15 is 0 Å². The fraction of sp³-hybridized carbons (Fsp3) is 0.222. The largest absolute Gasteiger partial charge is 0.465 e. The van der Waals surface area contributed by atoms with E-state index in [1.165, 1.54) is 6.07 Å². The molecule has 0 spiro atoms. The van der Waals surface area contributed by atoms with Crippen LogP contribution in [0.1, 0.15) is 20.8 Å². The lowest BCUT2D eigenvalue weighted by Crippen LogP contribution is -2.10. The summed E-state index contributed by atoms with van der Waals surface area (Å²) in [6.07, 6.45) is 0. The predicted octanol–water partition coefficient (Wildman–Crippen LogP) is 0.794. The van der Waals surface area contributed by atoms with Crippen LogP contribution in [0.15, 0.2) is 12.1 Å². The number of carbonyl (C=O) groups excluding carboxylic acids is 2. The quantitative estimate of drug-likeness (QED) is 0.536. The van der Waals surface area contributed by atoms with Crippen molar-refractivity contribution < 1.29 is 23.5 Å². The maximum Gasteiger partial charge on any atom is 0.356 e. The van der Waals surface area contributed by atoms with Crippen molar-refractivity contribution in [1.82, 2.24) is 4.98 Å². The summed E-state index contributed by atoms with van der Waals surface area (Å²) in [5.41, 5.74) is -0.534. The van der Waals surface area contributed by atoms with E-state index in [4.69, 9.17) is 0 Å². The molecule has 1 aromatic heterocycles. The Bertz CT molecular complexity index is 405. The number of esters is 2. The van der Waals surface area contributed by atoms with Crippen LogP contribution in [0, 0.1) is 5.95 Å². The first-order valence-corrected chi connectivity index (χ1v) is 3.93. The van der Waals surface area contributed by atoms with Crippen LogP contribution in [0.2, 0.25) is 0 Å². The zero-order chi connectivity index (χ0) is 11.4. The summed E-state index contributed by atoms with van der Waals surface area (Å²) in [5.74, 6) is -2.69. The fourth-order valence-corrected chi connectivity index (χ4v) is 0.915. The number of halogens is 1. The maximum absolute atomic E-state index is 13.2. The molecule has 0 saturated carbocycles. The van der Waals surface area contributed by atoms with Gasteiger partial charge in [-0.25, -0.2) is 14.6 Å². The molecule has 6 heteroatoms. The Morgan fingerprint density at radius 2 is 1.80 bits per heavy atom. The Kier molecular flexibility index (Phi) is 3.33. The van der Waals surface area contributed by atoms with Crippen LogP contribution in [0.5, 0.6) is 0 Å². The van der Waals surface area contributed by atoms with E-state index in [1.807, 2.05) is 0 Å². The average molecular weight is 213 g/mol. The molecule has 0 radical (unpaired) electrons. The maximum atomic E-state index is 13.2. The Hall–Kier alpha value is -1.98. The zero-order valence-corrected chi connectivity index (χ0v) is 8.11. The van der Waals surface area contributed by atoms with E-state index < -0.39 is 17.9 Å². The van der Waals surface area contributed by atoms with Crippen molar-refractivity contribution >= 4 is 11.9 Å². The highest BCUT2D eigenvalue weighted by Gasteiger charge is 2.16. The van der Waals surface area contributed by atoms with Crippen molar-refractivity contribution in [2.75, 3.05) is 14.2 Å². The van der Waals surface area contributed by atoms with Gasteiger partial charge in [0.2, 0.25) is 5.95 Å². The summed E-state index contributed by atoms with van der Waals surface area (Å²) in [5, 5.41) is 0. The van der Waals surface area contributed by atoms with Crippen molar-refractivity contribution in [2.24, 2.45) is 0 Å². The minimum absolute atomic E-state index is 0.206. The summed E-state index contributed by atoms with van der Waals surface area (Å²) < 4.78 is 21.8. The molecule has 0 saturated heterocycles. The van der Waals surface area contributed by atoms with E-state index in [0.29, 0.717) is 0 Å². The van der Waals surface area contributed by atoms with E-state index in [1.54, 1.807) is 0 Å². The second-order valence-corrected chi connectivity index (χ2v) is 2.52. The molecular formula is C9H8FNO4. The third-order valence-electron chi connectivity index (χ3n) is 1.65. The van der Waals surface area contributed by atoms with Crippen LogP contribution in [-0.2, 0) is 9.47 Å². The monoisotopic (exact) mass is 213 g/mol. The van der Waals surface area contributed by atoms with E-state index in [0.717, 1.165) is 20.3 Å². The molecule has 0 aromatic carbocycles. The highest BCUT2D eigenvalue weighted by atomic mass is 19.1. The second kappa shape index (κ2) is 4.50.